The smallest absolute Gasteiger partial charge is 1.00 e. The molecular weight excluding hydrogens is 148 g/mol. The van der Waals surface area contributed by atoms with Crippen LogP contribution >= 0.6 is 11.8 Å². The molecule has 0 saturated heterocycles. The van der Waals surface area contributed by atoms with Gasteiger partial charge in [0.15, 0.2) is 0 Å². The van der Waals surface area contributed by atoms with Gasteiger partial charge in [0.25, 0.3) is 0 Å². The van der Waals surface area contributed by atoms with Crippen LogP contribution < -0.4 is 0 Å². The Hall–Kier alpha value is 1.57. The molecule has 0 rings (SSSR count). The Morgan fingerprint density at radius 3 is 2.38 bits per heavy atom. The van der Waals surface area contributed by atoms with Crippen LogP contribution in [0.1, 0.15) is 16.2 Å². The van der Waals surface area contributed by atoms with E-state index in [1.165, 1.54) is 0 Å². The van der Waals surface area contributed by atoms with Crippen LogP contribution in [0.25, 0.3) is 0 Å². The molecular formula is C5H14CaOS. The van der Waals surface area contributed by atoms with Gasteiger partial charge in [-0.1, -0.05) is 0 Å². The Morgan fingerprint density at radius 1 is 1.75 bits per heavy atom. The Labute approximate surface area is 88.2 Å². The average molecular weight is 162 g/mol. The van der Waals surface area contributed by atoms with Crippen LogP contribution in [0.5, 0.6) is 0 Å². The zero-order chi connectivity index (χ0) is 5.70. The number of rotatable bonds is 3. The van der Waals surface area contributed by atoms with Crippen LogP contribution in [0.2, 0.25) is 0 Å². The first kappa shape index (κ1) is 12.3. The van der Waals surface area contributed by atoms with Gasteiger partial charge in [0.2, 0.25) is 0 Å². The number of aliphatic hydroxyl groups excluding tert-OH is 1. The minimum absolute atomic E-state index is 0. The summed E-state index contributed by atoms with van der Waals surface area (Å²) in [6.07, 6.45) is 2.84. The fourth-order valence-electron chi connectivity index (χ4n) is 0.288. The van der Waals surface area contributed by atoms with Crippen molar-refractivity contribution in [3.63, 3.8) is 0 Å². The van der Waals surface area contributed by atoms with Crippen molar-refractivity contribution in [2.45, 2.75) is 19.4 Å². The molecule has 3 heteroatoms. The molecule has 0 aliphatic carbocycles. The maximum atomic E-state index is 8.67. The quantitative estimate of drug-likeness (QED) is 0.624. The summed E-state index contributed by atoms with van der Waals surface area (Å²) in [6, 6.07) is 0. The molecule has 1 nitrogen and oxygen atoms in total. The summed E-state index contributed by atoms with van der Waals surface area (Å²) in [5.74, 6) is 1.07. The number of aliphatic hydroxyl groups is 1. The van der Waals surface area contributed by atoms with E-state index in [0.29, 0.717) is 0 Å². The zero-order valence-electron chi connectivity index (χ0n) is 7.55. The molecule has 0 bridgehead atoms. The molecule has 48 valence electrons. The van der Waals surface area contributed by atoms with E-state index in [0.717, 1.165) is 12.2 Å². The minimum atomic E-state index is -0.118. The van der Waals surface area contributed by atoms with Crippen molar-refractivity contribution >= 4 is 49.5 Å². The Bertz CT molecular complexity index is 48.6. The standard InChI is InChI=1S/C5H12OS.Ca.2H/c1-5(6)3-4-7-2;;;/h5-6H,3-4H2,1-2H3;;;/q;+2;2*-1. The summed E-state index contributed by atoms with van der Waals surface area (Å²) in [6.45, 7) is 1.82. The first-order valence-electron chi connectivity index (χ1n) is 2.44. The van der Waals surface area contributed by atoms with Crippen LogP contribution in [0, 0.1) is 0 Å². The third-order valence-corrected chi connectivity index (χ3v) is 1.38. The fraction of sp³-hybridized carbons (Fsp3) is 1.00. The van der Waals surface area contributed by atoms with Crippen molar-refractivity contribution in [3.8, 4) is 0 Å². The Kier molecular flexibility index (Phi) is 13.1. The summed E-state index contributed by atoms with van der Waals surface area (Å²) in [5, 5.41) is 8.67. The molecule has 0 aromatic heterocycles. The predicted molar refractivity (Wildman–Crippen MR) is 42.7 cm³/mol. The van der Waals surface area contributed by atoms with E-state index in [-0.39, 0.29) is 46.7 Å². The number of thioether (sulfide) groups is 1. The topological polar surface area (TPSA) is 20.2 Å². The summed E-state index contributed by atoms with van der Waals surface area (Å²) < 4.78 is 0. The Morgan fingerprint density at radius 2 is 2.25 bits per heavy atom. The fourth-order valence-corrected chi connectivity index (χ4v) is 0.865. The van der Waals surface area contributed by atoms with Gasteiger partial charge >= 0.3 is 37.7 Å². The number of hydrogen-bond acceptors (Lipinski definition) is 2. The van der Waals surface area contributed by atoms with E-state index in [2.05, 4.69) is 0 Å². The molecule has 1 atom stereocenters. The molecule has 0 aliphatic heterocycles. The van der Waals surface area contributed by atoms with Crippen LogP contribution in [0.3, 0.4) is 0 Å². The molecule has 0 aliphatic rings. The molecule has 0 amide bonds. The van der Waals surface area contributed by atoms with Crippen LogP contribution in [-0.2, 0) is 0 Å². The van der Waals surface area contributed by atoms with E-state index < -0.39 is 0 Å². The van der Waals surface area contributed by atoms with E-state index >= 15 is 0 Å². The van der Waals surface area contributed by atoms with Crippen LogP contribution in [0.15, 0.2) is 0 Å². The van der Waals surface area contributed by atoms with Gasteiger partial charge in [0, 0.05) is 0 Å². The van der Waals surface area contributed by atoms with Gasteiger partial charge in [-0.05, 0) is 25.4 Å². The normalized spacial score (nSPS) is 12.4. The Balaban J connectivity index is -0.0000000600. The second-order valence-electron chi connectivity index (χ2n) is 1.63. The van der Waals surface area contributed by atoms with Gasteiger partial charge in [-0.25, -0.2) is 0 Å². The van der Waals surface area contributed by atoms with E-state index in [9.17, 15) is 0 Å². The largest absolute Gasteiger partial charge is 2.00 e. The van der Waals surface area contributed by atoms with Crippen molar-refractivity contribution in [2.24, 2.45) is 0 Å². The van der Waals surface area contributed by atoms with Gasteiger partial charge in [-0.2, -0.15) is 11.8 Å². The monoisotopic (exact) mass is 162 g/mol. The zero-order valence-corrected chi connectivity index (χ0v) is 8.58. The van der Waals surface area contributed by atoms with E-state index in [1.807, 2.05) is 13.2 Å². The maximum Gasteiger partial charge on any atom is 2.00 e. The molecule has 0 aromatic rings. The van der Waals surface area contributed by atoms with Crippen molar-refractivity contribution in [1.82, 2.24) is 0 Å². The predicted octanol–water partition coefficient (Wildman–Crippen LogP) is 0.964. The number of hydrogen-bond donors (Lipinski definition) is 1. The van der Waals surface area contributed by atoms with Crippen molar-refractivity contribution in [3.05, 3.63) is 0 Å². The molecule has 0 aromatic carbocycles. The van der Waals surface area contributed by atoms with Crippen molar-refractivity contribution in [1.29, 1.82) is 0 Å². The molecule has 0 saturated carbocycles. The maximum absolute atomic E-state index is 8.67. The molecule has 0 spiro atoms. The van der Waals surface area contributed by atoms with Gasteiger partial charge in [0.1, 0.15) is 0 Å². The summed E-state index contributed by atoms with van der Waals surface area (Å²) in [4.78, 5) is 0. The molecule has 0 radical (unpaired) electrons. The first-order valence-corrected chi connectivity index (χ1v) is 3.83. The summed E-state index contributed by atoms with van der Waals surface area (Å²) >= 11 is 1.77. The average Bonchev–Trinajstić information content (AvgIpc) is 1.61. The first-order chi connectivity index (χ1) is 3.27. The van der Waals surface area contributed by atoms with Crippen molar-refractivity contribution in [2.75, 3.05) is 12.0 Å². The SMILES string of the molecule is CSCCC(C)O.[Ca+2].[H-].[H-]. The van der Waals surface area contributed by atoms with Gasteiger partial charge in [-0.15, -0.1) is 0 Å². The van der Waals surface area contributed by atoms with E-state index in [1.54, 1.807) is 11.8 Å². The van der Waals surface area contributed by atoms with Crippen LogP contribution in [-0.4, -0.2) is 61.0 Å². The minimum Gasteiger partial charge on any atom is -1.00 e. The third kappa shape index (κ3) is 10.5. The van der Waals surface area contributed by atoms with Gasteiger partial charge < -0.3 is 7.96 Å². The molecule has 0 fully saturated rings. The van der Waals surface area contributed by atoms with Gasteiger partial charge in [-0.3, -0.25) is 0 Å². The molecule has 1 N–H and O–H groups in total. The molecule has 1 unspecified atom stereocenters. The van der Waals surface area contributed by atoms with Gasteiger partial charge in [0.05, 0.1) is 6.10 Å². The third-order valence-electron chi connectivity index (χ3n) is 0.740. The van der Waals surface area contributed by atoms with Crippen LogP contribution in [0.4, 0.5) is 0 Å². The summed E-state index contributed by atoms with van der Waals surface area (Å²) in [5.41, 5.74) is 0. The summed E-state index contributed by atoms with van der Waals surface area (Å²) in [7, 11) is 0. The van der Waals surface area contributed by atoms with E-state index in [4.69, 9.17) is 5.11 Å². The second-order valence-corrected chi connectivity index (χ2v) is 2.62. The second kappa shape index (κ2) is 8.57. The van der Waals surface area contributed by atoms with Crippen molar-refractivity contribution < 1.29 is 7.96 Å². The molecule has 8 heavy (non-hydrogen) atoms. The molecule has 0 heterocycles.